The smallest absolute Gasteiger partial charge is 0.246 e. The van der Waals surface area contributed by atoms with Crippen LogP contribution in [-0.2, 0) is 11.3 Å². The fourth-order valence-corrected chi connectivity index (χ4v) is 3.59. The third kappa shape index (κ3) is 3.31. The molecule has 1 aliphatic rings. The van der Waals surface area contributed by atoms with Crippen molar-refractivity contribution in [2.75, 3.05) is 31.1 Å². The first-order chi connectivity index (χ1) is 12.0. The molecule has 0 bridgehead atoms. The standard InChI is InChI=1S/C20H26N4O/c1-5-19(25)23-12-10-22(11-13-23)18-9-7-8-17(14-18)20-15(3)21-24(6-2)16(20)4/h5,7-9,14H,1,6,10-13H2,2-4H3. The highest BCUT2D eigenvalue weighted by molar-refractivity contribution is 5.87. The number of benzene rings is 1. The van der Waals surface area contributed by atoms with E-state index in [9.17, 15) is 4.79 Å². The van der Waals surface area contributed by atoms with E-state index < -0.39 is 0 Å². The molecule has 132 valence electrons. The molecule has 0 unspecified atom stereocenters. The molecule has 0 N–H and O–H groups in total. The topological polar surface area (TPSA) is 41.4 Å². The first-order valence-electron chi connectivity index (χ1n) is 8.86. The number of nitrogens with zero attached hydrogens (tertiary/aromatic N) is 4. The molecule has 3 rings (SSSR count). The first kappa shape index (κ1) is 17.3. The summed E-state index contributed by atoms with van der Waals surface area (Å²) in [5.41, 5.74) is 5.91. The Bertz CT molecular complexity index is 785. The van der Waals surface area contributed by atoms with Crippen LogP contribution in [0.2, 0.25) is 0 Å². The maximum Gasteiger partial charge on any atom is 0.246 e. The molecule has 0 radical (unpaired) electrons. The van der Waals surface area contributed by atoms with E-state index in [2.05, 4.69) is 66.3 Å². The molecule has 5 heteroatoms. The summed E-state index contributed by atoms with van der Waals surface area (Å²) in [4.78, 5) is 15.9. The van der Waals surface area contributed by atoms with Crippen LogP contribution in [0.3, 0.4) is 0 Å². The van der Waals surface area contributed by atoms with Gasteiger partial charge in [0.1, 0.15) is 0 Å². The fourth-order valence-electron chi connectivity index (χ4n) is 3.59. The van der Waals surface area contributed by atoms with Crippen molar-refractivity contribution in [3.63, 3.8) is 0 Å². The Kier molecular flexibility index (Phi) is 4.93. The number of carbonyl (C=O) groups excluding carboxylic acids is 1. The molecule has 1 saturated heterocycles. The van der Waals surface area contributed by atoms with Gasteiger partial charge in [-0.25, -0.2) is 0 Å². The molecule has 0 aliphatic carbocycles. The molecule has 1 aromatic carbocycles. The van der Waals surface area contributed by atoms with Gasteiger partial charge in [0.2, 0.25) is 5.91 Å². The zero-order chi connectivity index (χ0) is 18.0. The summed E-state index contributed by atoms with van der Waals surface area (Å²) in [5.74, 6) is 0.0200. The summed E-state index contributed by atoms with van der Waals surface area (Å²) in [6, 6.07) is 8.64. The minimum Gasteiger partial charge on any atom is -0.368 e. The number of piperazine rings is 1. The molecule has 1 aromatic heterocycles. The largest absolute Gasteiger partial charge is 0.368 e. The summed E-state index contributed by atoms with van der Waals surface area (Å²) < 4.78 is 2.05. The van der Waals surface area contributed by atoms with Gasteiger partial charge in [0.25, 0.3) is 0 Å². The Labute approximate surface area is 149 Å². The van der Waals surface area contributed by atoms with E-state index in [1.165, 1.54) is 28.6 Å². The number of hydrogen-bond acceptors (Lipinski definition) is 3. The van der Waals surface area contributed by atoms with Crippen LogP contribution in [0.4, 0.5) is 5.69 Å². The van der Waals surface area contributed by atoms with Crippen molar-refractivity contribution in [1.29, 1.82) is 0 Å². The lowest BCUT2D eigenvalue weighted by atomic mass is 10.0. The Morgan fingerprint density at radius 2 is 1.96 bits per heavy atom. The number of aromatic nitrogens is 2. The van der Waals surface area contributed by atoms with E-state index in [1.54, 1.807) is 0 Å². The lowest BCUT2D eigenvalue weighted by Crippen LogP contribution is -2.48. The van der Waals surface area contributed by atoms with Crippen molar-refractivity contribution in [3.05, 3.63) is 48.3 Å². The minimum absolute atomic E-state index is 0.0200. The van der Waals surface area contributed by atoms with Crippen LogP contribution in [0.25, 0.3) is 11.1 Å². The molecule has 5 nitrogen and oxygen atoms in total. The number of amides is 1. The summed E-state index contributed by atoms with van der Waals surface area (Å²) in [7, 11) is 0. The summed E-state index contributed by atoms with van der Waals surface area (Å²) >= 11 is 0. The molecule has 2 aromatic rings. The van der Waals surface area contributed by atoms with Gasteiger partial charge in [-0.05, 0) is 44.5 Å². The van der Waals surface area contributed by atoms with Crippen molar-refractivity contribution in [3.8, 4) is 11.1 Å². The highest BCUT2D eigenvalue weighted by atomic mass is 16.2. The third-order valence-electron chi connectivity index (χ3n) is 4.95. The summed E-state index contributed by atoms with van der Waals surface area (Å²) in [6.07, 6.45) is 1.40. The van der Waals surface area contributed by atoms with Gasteiger partial charge in [0.05, 0.1) is 5.69 Å². The van der Waals surface area contributed by atoms with Gasteiger partial charge in [0.15, 0.2) is 0 Å². The predicted molar refractivity (Wildman–Crippen MR) is 102 cm³/mol. The van der Waals surface area contributed by atoms with Gasteiger partial charge in [-0.2, -0.15) is 5.10 Å². The molecular formula is C20H26N4O. The van der Waals surface area contributed by atoms with E-state index in [4.69, 9.17) is 0 Å². The lowest BCUT2D eigenvalue weighted by molar-refractivity contribution is -0.126. The van der Waals surface area contributed by atoms with Crippen molar-refractivity contribution >= 4 is 11.6 Å². The van der Waals surface area contributed by atoms with Crippen LogP contribution >= 0.6 is 0 Å². The van der Waals surface area contributed by atoms with Gasteiger partial charge in [0, 0.05) is 49.7 Å². The fraction of sp³-hybridized carbons (Fsp3) is 0.400. The predicted octanol–water partition coefficient (Wildman–Crippen LogP) is 3.02. The second-order valence-corrected chi connectivity index (χ2v) is 6.43. The average molecular weight is 338 g/mol. The van der Waals surface area contributed by atoms with Gasteiger partial charge in [-0.3, -0.25) is 9.48 Å². The highest BCUT2D eigenvalue weighted by Gasteiger charge is 2.20. The van der Waals surface area contributed by atoms with Crippen LogP contribution in [0.15, 0.2) is 36.9 Å². The molecule has 0 saturated carbocycles. The maximum atomic E-state index is 11.7. The Morgan fingerprint density at radius 1 is 1.24 bits per heavy atom. The summed E-state index contributed by atoms with van der Waals surface area (Å²) in [6.45, 7) is 13.9. The molecular weight excluding hydrogens is 312 g/mol. The normalized spacial score (nSPS) is 14.7. The Balaban J connectivity index is 1.83. The van der Waals surface area contributed by atoms with Gasteiger partial charge in [-0.1, -0.05) is 18.7 Å². The number of aryl methyl sites for hydroxylation is 2. The van der Waals surface area contributed by atoms with Crippen molar-refractivity contribution in [2.45, 2.75) is 27.3 Å². The van der Waals surface area contributed by atoms with Crippen LogP contribution in [-0.4, -0.2) is 46.8 Å². The van der Waals surface area contributed by atoms with Gasteiger partial charge >= 0.3 is 0 Å². The maximum absolute atomic E-state index is 11.7. The lowest BCUT2D eigenvalue weighted by Gasteiger charge is -2.35. The molecule has 1 aliphatic heterocycles. The van der Waals surface area contributed by atoms with Gasteiger partial charge < -0.3 is 9.80 Å². The van der Waals surface area contributed by atoms with Crippen LogP contribution in [0.1, 0.15) is 18.3 Å². The number of carbonyl (C=O) groups is 1. The van der Waals surface area contributed by atoms with E-state index in [1.807, 2.05) is 4.90 Å². The quantitative estimate of drug-likeness (QED) is 0.805. The minimum atomic E-state index is 0.0200. The molecule has 25 heavy (non-hydrogen) atoms. The number of rotatable bonds is 4. The van der Waals surface area contributed by atoms with Crippen LogP contribution < -0.4 is 4.90 Å². The van der Waals surface area contributed by atoms with Crippen molar-refractivity contribution in [2.24, 2.45) is 0 Å². The Morgan fingerprint density at radius 3 is 2.56 bits per heavy atom. The van der Waals surface area contributed by atoms with E-state index in [0.29, 0.717) is 0 Å². The van der Waals surface area contributed by atoms with Crippen LogP contribution in [0.5, 0.6) is 0 Å². The molecule has 1 amide bonds. The molecule has 0 spiro atoms. The zero-order valence-corrected chi connectivity index (χ0v) is 15.3. The van der Waals surface area contributed by atoms with E-state index >= 15 is 0 Å². The number of anilines is 1. The monoisotopic (exact) mass is 338 g/mol. The Hall–Kier alpha value is -2.56. The van der Waals surface area contributed by atoms with Crippen molar-refractivity contribution in [1.82, 2.24) is 14.7 Å². The highest BCUT2D eigenvalue weighted by Crippen LogP contribution is 2.30. The van der Waals surface area contributed by atoms with E-state index in [-0.39, 0.29) is 5.91 Å². The van der Waals surface area contributed by atoms with Crippen molar-refractivity contribution < 1.29 is 4.79 Å². The summed E-state index contributed by atoms with van der Waals surface area (Å²) in [5, 5.41) is 4.64. The van der Waals surface area contributed by atoms with Crippen LogP contribution in [0, 0.1) is 13.8 Å². The SMILES string of the molecule is C=CC(=O)N1CCN(c2cccc(-c3c(C)nn(CC)c3C)c2)CC1. The number of hydrogen-bond donors (Lipinski definition) is 0. The third-order valence-corrected chi connectivity index (χ3v) is 4.95. The van der Waals surface area contributed by atoms with E-state index in [0.717, 1.165) is 38.4 Å². The first-order valence-corrected chi connectivity index (χ1v) is 8.86. The molecule has 0 atom stereocenters. The van der Waals surface area contributed by atoms with Gasteiger partial charge in [-0.15, -0.1) is 0 Å². The second kappa shape index (κ2) is 7.13. The average Bonchev–Trinajstić information content (AvgIpc) is 2.94. The molecule has 2 heterocycles. The molecule has 1 fully saturated rings. The second-order valence-electron chi connectivity index (χ2n) is 6.43. The zero-order valence-electron chi connectivity index (χ0n) is 15.3.